The lowest BCUT2D eigenvalue weighted by Crippen LogP contribution is -2.07. The van der Waals surface area contributed by atoms with E-state index in [9.17, 15) is 13.2 Å². The third kappa shape index (κ3) is 1.91. The lowest BCUT2D eigenvalue weighted by molar-refractivity contribution is -0.141. The Hall–Kier alpha value is -1.26. The fourth-order valence-electron chi connectivity index (χ4n) is 1.51. The minimum absolute atomic E-state index is 0.227. The largest absolute Gasteiger partial charge is 0.435 e. The molecule has 0 radical (unpaired) electrons. The van der Waals surface area contributed by atoms with E-state index in [1.807, 2.05) is 0 Å². The van der Waals surface area contributed by atoms with Crippen LogP contribution < -0.4 is 0 Å². The molecule has 1 aromatic rings. The van der Waals surface area contributed by atoms with Gasteiger partial charge in [-0.1, -0.05) is 6.58 Å². The molecule has 1 fully saturated rings. The summed E-state index contributed by atoms with van der Waals surface area (Å²) < 4.78 is 38.6. The van der Waals surface area contributed by atoms with Crippen molar-refractivity contribution in [3.8, 4) is 0 Å². The van der Waals surface area contributed by atoms with Crippen molar-refractivity contribution in [3.63, 3.8) is 0 Å². The Kier molecular flexibility index (Phi) is 2.13. The van der Waals surface area contributed by atoms with E-state index >= 15 is 0 Å². The molecule has 1 aromatic heterocycles. The maximum atomic E-state index is 12.4. The Morgan fingerprint density at radius 3 is 2.53 bits per heavy atom. The monoisotopic (exact) mass is 216 g/mol. The van der Waals surface area contributed by atoms with Crippen LogP contribution in [0.4, 0.5) is 13.2 Å². The van der Waals surface area contributed by atoms with Gasteiger partial charge in [-0.25, -0.2) is 4.68 Å². The van der Waals surface area contributed by atoms with E-state index in [1.165, 1.54) is 4.68 Å². The van der Waals surface area contributed by atoms with Crippen molar-refractivity contribution >= 4 is 5.70 Å². The zero-order chi connectivity index (χ0) is 11.2. The van der Waals surface area contributed by atoms with Gasteiger partial charge < -0.3 is 0 Å². The van der Waals surface area contributed by atoms with Crippen LogP contribution in [0.25, 0.3) is 5.70 Å². The second kappa shape index (κ2) is 3.12. The highest BCUT2D eigenvalue weighted by Crippen LogP contribution is 2.42. The van der Waals surface area contributed by atoms with Crippen LogP contribution in [0.3, 0.4) is 0 Å². The minimum Gasteiger partial charge on any atom is -0.242 e. The van der Waals surface area contributed by atoms with E-state index in [0.29, 0.717) is 11.4 Å². The number of hydrogen-bond donors (Lipinski definition) is 0. The van der Waals surface area contributed by atoms with Crippen molar-refractivity contribution in [1.29, 1.82) is 0 Å². The van der Waals surface area contributed by atoms with Crippen molar-refractivity contribution in [2.75, 3.05) is 0 Å². The summed E-state index contributed by atoms with van der Waals surface area (Å²) in [6.45, 7) is 5.28. The normalized spacial score (nSPS) is 16.8. The van der Waals surface area contributed by atoms with Crippen LogP contribution in [0.5, 0.6) is 0 Å². The predicted octanol–water partition coefficient (Wildman–Crippen LogP) is 3.27. The first-order chi connectivity index (χ1) is 6.89. The average Bonchev–Trinajstić information content (AvgIpc) is 2.81. The minimum atomic E-state index is -4.37. The van der Waals surface area contributed by atoms with Crippen LogP contribution in [-0.2, 0) is 6.18 Å². The standard InChI is InChI=1S/C10H11F3N2/c1-6(2)15-8(7-3-4-7)5-9(14-15)10(11,12)13/h5,7H,1,3-4H2,2H3. The summed E-state index contributed by atoms with van der Waals surface area (Å²) in [5.41, 5.74) is 0.328. The number of aromatic nitrogens is 2. The third-order valence-corrected chi connectivity index (χ3v) is 2.38. The van der Waals surface area contributed by atoms with Gasteiger partial charge in [-0.3, -0.25) is 0 Å². The molecule has 2 rings (SSSR count). The van der Waals surface area contributed by atoms with Gasteiger partial charge >= 0.3 is 6.18 Å². The zero-order valence-electron chi connectivity index (χ0n) is 8.30. The maximum absolute atomic E-state index is 12.4. The number of halogens is 3. The first-order valence-corrected chi connectivity index (χ1v) is 4.72. The Morgan fingerprint density at radius 2 is 2.13 bits per heavy atom. The molecule has 0 amide bonds. The van der Waals surface area contributed by atoms with Gasteiger partial charge in [0.2, 0.25) is 0 Å². The molecule has 0 spiro atoms. The summed E-state index contributed by atoms with van der Waals surface area (Å²) in [7, 11) is 0. The molecule has 0 aromatic carbocycles. The van der Waals surface area contributed by atoms with Gasteiger partial charge in [-0.05, 0) is 25.8 Å². The highest BCUT2D eigenvalue weighted by Gasteiger charge is 2.37. The average molecular weight is 216 g/mol. The van der Waals surface area contributed by atoms with Crippen molar-refractivity contribution in [1.82, 2.24) is 9.78 Å². The lowest BCUT2D eigenvalue weighted by atomic mass is 10.2. The Balaban J connectivity index is 2.44. The summed E-state index contributed by atoms with van der Waals surface area (Å²) >= 11 is 0. The molecule has 0 unspecified atom stereocenters. The Morgan fingerprint density at radius 1 is 1.53 bits per heavy atom. The second-order valence-electron chi connectivity index (χ2n) is 3.87. The second-order valence-corrected chi connectivity index (χ2v) is 3.87. The Labute approximate surface area is 85.4 Å². The van der Waals surface area contributed by atoms with E-state index in [-0.39, 0.29) is 5.92 Å². The van der Waals surface area contributed by atoms with Gasteiger partial charge in [-0.15, -0.1) is 0 Å². The van der Waals surface area contributed by atoms with Gasteiger partial charge in [0.05, 0.1) is 0 Å². The van der Waals surface area contributed by atoms with E-state index in [1.54, 1.807) is 6.92 Å². The first-order valence-electron chi connectivity index (χ1n) is 4.72. The van der Waals surface area contributed by atoms with Crippen LogP contribution in [0, 0.1) is 0 Å². The lowest BCUT2D eigenvalue weighted by Gasteiger charge is -2.04. The number of hydrogen-bond acceptors (Lipinski definition) is 1. The van der Waals surface area contributed by atoms with Crippen molar-refractivity contribution in [3.05, 3.63) is 24.0 Å². The SMILES string of the molecule is C=C(C)n1nc(C(F)(F)F)cc1C1CC1. The zero-order valence-corrected chi connectivity index (χ0v) is 8.30. The van der Waals surface area contributed by atoms with Crippen LogP contribution >= 0.6 is 0 Å². The molecule has 1 saturated carbocycles. The van der Waals surface area contributed by atoms with Gasteiger partial charge in [-0.2, -0.15) is 18.3 Å². The summed E-state index contributed by atoms with van der Waals surface area (Å²) in [5.74, 6) is 0.227. The topological polar surface area (TPSA) is 17.8 Å². The van der Waals surface area contributed by atoms with E-state index < -0.39 is 11.9 Å². The smallest absolute Gasteiger partial charge is 0.242 e. The predicted molar refractivity (Wildman–Crippen MR) is 50.2 cm³/mol. The van der Waals surface area contributed by atoms with E-state index in [2.05, 4.69) is 11.7 Å². The molecule has 2 nitrogen and oxygen atoms in total. The molecule has 82 valence electrons. The molecule has 1 heterocycles. The maximum Gasteiger partial charge on any atom is 0.435 e. The van der Waals surface area contributed by atoms with Crippen molar-refractivity contribution in [2.24, 2.45) is 0 Å². The number of alkyl halides is 3. The molecule has 15 heavy (non-hydrogen) atoms. The highest BCUT2D eigenvalue weighted by molar-refractivity contribution is 5.41. The molecule has 1 aliphatic rings. The molecule has 0 aliphatic heterocycles. The van der Waals surface area contributed by atoms with E-state index in [4.69, 9.17) is 0 Å². The molecule has 0 N–H and O–H groups in total. The van der Waals surface area contributed by atoms with Gasteiger partial charge in [0.1, 0.15) is 0 Å². The molecule has 0 bridgehead atoms. The molecular formula is C10H11F3N2. The molecule has 1 aliphatic carbocycles. The summed E-state index contributed by atoms with van der Waals surface area (Å²) in [6.07, 6.45) is -2.49. The van der Waals surface area contributed by atoms with Gasteiger partial charge in [0.15, 0.2) is 5.69 Å². The van der Waals surface area contributed by atoms with Crippen LogP contribution in [0.1, 0.15) is 37.1 Å². The van der Waals surface area contributed by atoms with Crippen LogP contribution in [-0.4, -0.2) is 9.78 Å². The fourth-order valence-corrected chi connectivity index (χ4v) is 1.51. The van der Waals surface area contributed by atoms with Gasteiger partial charge in [0, 0.05) is 17.3 Å². The third-order valence-electron chi connectivity index (χ3n) is 2.38. The first kappa shape index (κ1) is 10.3. The summed E-state index contributed by atoms with van der Waals surface area (Å²) in [4.78, 5) is 0. The molecule has 5 heteroatoms. The van der Waals surface area contributed by atoms with Gasteiger partial charge in [0.25, 0.3) is 0 Å². The quantitative estimate of drug-likeness (QED) is 0.741. The van der Waals surface area contributed by atoms with E-state index in [0.717, 1.165) is 18.9 Å². The highest BCUT2D eigenvalue weighted by atomic mass is 19.4. The summed E-state index contributed by atoms with van der Waals surface area (Å²) in [6, 6.07) is 1.13. The molecule has 0 saturated heterocycles. The fraction of sp³-hybridized carbons (Fsp3) is 0.500. The summed E-state index contributed by atoms with van der Waals surface area (Å²) in [5, 5.41) is 3.53. The number of nitrogens with zero attached hydrogens (tertiary/aromatic N) is 2. The Bertz CT molecular complexity index is 399. The molecular weight excluding hydrogens is 205 g/mol. The van der Waals surface area contributed by atoms with Crippen LogP contribution in [0.15, 0.2) is 12.6 Å². The van der Waals surface area contributed by atoms with Crippen molar-refractivity contribution in [2.45, 2.75) is 31.9 Å². The van der Waals surface area contributed by atoms with Crippen molar-refractivity contribution < 1.29 is 13.2 Å². The number of rotatable bonds is 2. The number of allylic oxidation sites excluding steroid dienone is 1. The van der Waals surface area contributed by atoms with Crippen LogP contribution in [0.2, 0.25) is 0 Å². The molecule has 0 atom stereocenters.